The Labute approximate surface area is 132 Å². The molecule has 0 saturated carbocycles. The maximum Gasteiger partial charge on any atom is 0.230 e. The van der Waals surface area contributed by atoms with Gasteiger partial charge in [-0.15, -0.1) is 0 Å². The average Bonchev–Trinajstić information content (AvgIpc) is 2.89. The van der Waals surface area contributed by atoms with Gasteiger partial charge < -0.3 is 15.0 Å². The molecule has 5 nitrogen and oxygen atoms in total. The van der Waals surface area contributed by atoms with Crippen LogP contribution in [0.4, 0.5) is 0 Å². The van der Waals surface area contributed by atoms with Crippen LogP contribution in [0.3, 0.4) is 0 Å². The van der Waals surface area contributed by atoms with Crippen molar-refractivity contribution < 1.29 is 9.90 Å². The second kappa shape index (κ2) is 7.49. The molecule has 0 fully saturated rings. The molecule has 0 aliphatic heterocycles. The van der Waals surface area contributed by atoms with Gasteiger partial charge in [0.05, 0.1) is 24.3 Å². The summed E-state index contributed by atoms with van der Waals surface area (Å²) < 4.78 is 1.90. The van der Waals surface area contributed by atoms with Crippen LogP contribution in [0.15, 0.2) is 35.6 Å². The highest BCUT2D eigenvalue weighted by molar-refractivity contribution is 7.99. The number of thioether (sulfide) groups is 1. The van der Waals surface area contributed by atoms with Crippen molar-refractivity contribution in [1.29, 1.82) is 0 Å². The van der Waals surface area contributed by atoms with Crippen molar-refractivity contribution in [3.05, 3.63) is 46.7 Å². The molecule has 2 aromatic rings. The third-order valence-corrected chi connectivity index (χ3v) is 4.17. The highest BCUT2D eigenvalue weighted by Crippen LogP contribution is 2.21. The Morgan fingerprint density at radius 2 is 2.14 bits per heavy atom. The number of amides is 1. The van der Waals surface area contributed by atoms with Crippen LogP contribution in [0.5, 0.6) is 0 Å². The average molecular weight is 326 g/mol. The van der Waals surface area contributed by atoms with Gasteiger partial charge in [0.1, 0.15) is 0 Å². The van der Waals surface area contributed by atoms with Crippen molar-refractivity contribution in [2.45, 2.75) is 18.3 Å². The van der Waals surface area contributed by atoms with Crippen LogP contribution in [-0.2, 0) is 17.9 Å². The van der Waals surface area contributed by atoms with Crippen molar-refractivity contribution >= 4 is 29.3 Å². The Morgan fingerprint density at radius 3 is 2.76 bits per heavy atom. The molecule has 1 aromatic heterocycles. The van der Waals surface area contributed by atoms with Crippen molar-refractivity contribution in [1.82, 2.24) is 14.9 Å². The first-order chi connectivity index (χ1) is 10.1. The van der Waals surface area contributed by atoms with E-state index in [2.05, 4.69) is 10.3 Å². The van der Waals surface area contributed by atoms with Crippen LogP contribution in [0.1, 0.15) is 11.3 Å². The summed E-state index contributed by atoms with van der Waals surface area (Å²) in [6.07, 6.45) is 1.63. The number of aromatic nitrogens is 2. The fourth-order valence-corrected chi connectivity index (χ4v) is 2.77. The van der Waals surface area contributed by atoms with Gasteiger partial charge >= 0.3 is 0 Å². The topological polar surface area (TPSA) is 67.2 Å². The number of hydrogen-bond acceptors (Lipinski definition) is 4. The van der Waals surface area contributed by atoms with Gasteiger partial charge in [0.2, 0.25) is 5.91 Å². The number of aliphatic hydroxyl groups excluding tert-OH is 1. The minimum Gasteiger partial charge on any atom is -0.390 e. The fraction of sp³-hybridized carbons (Fsp3) is 0.286. The highest BCUT2D eigenvalue weighted by Gasteiger charge is 2.12. The molecule has 0 bridgehead atoms. The molecule has 112 valence electrons. The second-order valence-electron chi connectivity index (χ2n) is 4.36. The number of imidazole rings is 1. The van der Waals surface area contributed by atoms with Crippen LogP contribution in [0, 0.1) is 0 Å². The summed E-state index contributed by atoms with van der Waals surface area (Å²) in [6, 6.07) is 7.50. The number of carbonyl (C=O) groups excluding carboxylic acids is 1. The first kappa shape index (κ1) is 15.9. The zero-order valence-corrected chi connectivity index (χ0v) is 13.1. The summed E-state index contributed by atoms with van der Waals surface area (Å²) in [5.41, 5.74) is 1.76. The smallest absolute Gasteiger partial charge is 0.230 e. The van der Waals surface area contributed by atoms with Crippen molar-refractivity contribution in [2.75, 3.05) is 12.8 Å². The Bertz CT molecular complexity index is 613. The molecule has 2 rings (SSSR count). The lowest BCUT2D eigenvalue weighted by atomic mass is 10.2. The van der Waals surface area contributed by atoms with E-state index in [1.54, 1.807) is 13.2 Å². The van der Waals surface area contributed by atoms with Gasteiger partial charge in [-0.05, 0) is 17.7 Å². The van der Waals surface area contributed by atoms with E-state index < -0.39 is 0 Å². The summed E-state index contributed by atoms with van der Waals surface area (Å²) in [7, 11) is 1.60. The summed E-state index contributed by atoms with van der Waals surface area (Å²) in [5.74, 6) is 0.227. The van der Waals surface area contributed by atoms with Gasteiger partial charge in [0.15, 0.2) is 5.16 Å². The fourth-order valence-electron chi connectivity index (χ4n) is 1.78. The number of nitrogens with one attached hydrogen (secondary N) is 1. The first-order valence-electron chi connectivity index (χ1n) is 6.37. The largest absolute Gasteiger partial charge is 0.390 e. The molecule has 0 radical (unpaired) electrons. The molecule has 1 aromatic carbocycles. The Kier molecular flexibility index (Phi) is 5.67. The summed E-state index contributed by atoms with van der Waals surface area (Å²) in [6.45, 7) is 0.476. The van der Waals surface area contributed by atoms with E-state index in [-0.39, 0.29) is 12.5 Å². The van der Waals surface area contributed by atoms with E-state index in [9.17, 15) is 9.90 Å². The van der Waals surface area contributed by atoms with E-state index in [0.29, 0.717) is 28.2 Å². The Balaban J connectivity index is 2.17. The SMILES string of the molecule is CNC(=O)CSc1ncc(CO)n1Cc1ccc(Cl)cc1. The molecule has 0 saturated heterocycles. The van der Waals surface area contributed by atoms with Gasteiger partial charge in [-0.1, -0.05) is 35.5 Å². The normalized spacial score (nSPS) is 10.6. The summed E-state index contributed by atoms with van der Waals surface area (Å²) in [4.78, 5) is 15.6. The summed E-state index contributed by atoms with van der Waals surface area (Å²) in [5, 5.41) is 13.4. The lowest BCUT2D eigenvalue weighted by molar-refractivity contribution is -0.118. The van der Waals surface area contributed by atoms with Gasteiger partial charge in [-0.3, -0.25) is 4.79 Å². The lowest BCUT2D eigenvalue weighted by Crippen LogP contribution is -2.20. The predicted octanol–water partition coefficient (Wildman–Crippen LogP) is 1.92. The van der Waals surface area contributed by atoms with Crippen LogP contribution in [-0.4, -0.2) is 33.4 Å². The lowest BCUT2D eigenvalue weighted by Gasteiger charge is -2.10. The maximum absolute atomic E-state index is 11.3. The predicted molar refractivity (Wildman–Crippen MR) is 83.5 cm³/mol. The molecule has 1 amide bonds. The number of benzene rings is 1. The number of aliphatic hydroxyl groups is 1. The molecular formula is C14H16ClN3O2S. The zero-order valence-electron chi connectivity index (χ0n) is 11.5. The molecule has 2 N–H and O–H groups in total. The molecule has 0 unspecified atom stereocenters. The Morgan fingerprint density at radius 1 is 1.43 bits per heavy atom. The molecule has 0 spiro atoms. The molecule has 0 atom stereocenters. The molecule has 1 heterocycles. The molecule has 21 heavy (non-hydrogen) atoms. The van der Waals surface area contributed by atoms with Crippen LogP contribution in [0.25, 0.3) is 0 Å². The zero-order chi connectivity index (χ0) is 15.2. The minimum atomic E-state index is -0.0961. The second-order valence-corrected chi connectivity index (χ2v) is 5.74. The molecule has 7 heteroatoms. The van der Waals surface area contributed by atoms with E-state index in [1.165, 1.54) is 11.8 Å². The first-order valence-corrected chi connectivity index (χ1v) is 7.73. The number of carbonyl (C=O) groups is 1. The minimum absolute atomic E-state index is 0.0633. The van der Waals surface area contributed by atoms with Gasteiger partial charge in [0, 0.05) is 18.6 Å². The van der Waals surface area contributed by atoms with Crippen molar-refractivity contribution in [3.63, 3.8) is 0 Å². The number of halogens is 1. The number of hydrogen-bond donors (Lipinski definition) is 2. The van der Waals surface area contributed by atoms with E-state index >= 15 is 0 Å². The van der Waals surface area contributed by atoms with Gasteiger partial charge in [0.25, 0.3) is 0 Å². The maximum atomic E-state index is 11.3. The van der Waals surface area contributed by atoms with Gasteiger partial charge in [-0.2, -0.15) is 0 Å². The Hall–Kier alpha value is -1.50. The third kappa shape index (κ3) is 4.23. The van der Waals surface area contributed by atoms with Gasteiger partial charge in [-0.25, -0.2) is 4.98 Å². The highest BCUT2D eigenvalue weighted by atomic mass is 35.5. The quantitative estimate of drug-likeness (QED) is 0.796. The van der Waals surface area contributed by atoms with E-state index in [4.69, 9.17) is 11.6 Å². The monoisotopic (exact) mass is 325 g/mol. The van der Waals surface area contributed by atoms with Crippen LogP contribution < -0.4 is 5.32 Å². The molecular weight excluding hydrogens is 310 g/mol. The molecule has 0 aliphatic carbocycles. The number of rotatable bonds is 6. The summed E-state index contributed by atoms with van der Waals surface area (Å²) >= 11 is 7.22. The van der Waals surface area contributed by atoms with Crippen LogP contribution >= 0.6 is 23.4 Å². The third-order valence-electron chi connectivity index (χ3n) is 2.93. The van der Waals surface area contributed by atoms with E-state index in [1.807, 2.05) is 28.8 Å². The van der Waals surface area contributed by atoms with Crippen molar-refractivity contribution in [2.24, 2.45) is 0 Å². The van der Waals surface area contributed by atoms with Crippen molar-refractivity contribution in [3.8, 4) is 0 Å². The standard InChI is InChI=1S/C14H16ClN3O2S/c1-16-13(20)9-21-14-17-6-12(8-19)18(14)7-10-2-4-11(15)5-3-10/h2-6,19H,7-9H2,1H3,(H,16,20). The number of nitrogens with zero attached hydrogens (tertiary/aromatic N) is 2. The molecule has 0 aliphatic rings. The van der Waals surface area contributed by atoms with Crippen LogP contribution in [0.2, 0.25) is 5.02 Å². The van der Waals surface area contributed by atoms with E-state index in [0.717, 1.165) is 5.56 Å².